The number of phenols is 1. The lowest BCUT2D eigenvalue weighted by Crippen LogP contribution is -2.45. The van der Waals surface area contributed by atoms with Crippen LogP contribution in [0.3, 0.4) is 0 Å². The van der Waals surface area contributed by atoms with Gasteiger partial charge in [0.05, 0.1) is 4.92 Å². The van der Waals surface area contributed by atoms with Crippen LogP contribution in [0.25, 0.3) is 0 Å². The fourth-order valence-corrected chi connectivity index (χ4v) is 1.63. The SMILES string of the molecule is CCC(C)(CC)NC(=O)c1cc(O)ccc1[N+](=O)[O-]. The van der Waals surface area contributed by atoms with Gasteiger partial charge in [-0.1, -0.05) is 13.8 Å². The van der Waals surface area contributed by atoms with Gasteiger partial charge in [0.1, 0.15) is 11.3 Å². The monoisotopic (exact) mass is 266 g/mol. The largest absolute Gasteiger partial charge is 0.508 e. The third kappa shape index (κ3) is 3.43. The molecule has 19 heavy (non-hydrogen) atoms. The van der Waals surface area contributed by atoms with E-state index in [2.05, 4.69) is 5.32 Å². The summed E-state index contributed by atoms with van der Waals surface area (Å²) in [6.07, 6.45) is 1.42. The molecule has 2 N–H and O–H groups in total. The van der Waals surface area contributed by atoms with Crippen LogP contribution in [-0.4, -0.2) is 21.5 Å². The average Bonchev–Trinajstić information content (AvgIpc) is 2.38. The molecule has 1 rings (SSSR count). The van der Waals surface area contributed by atoms with E-state index < -0.39 is 16.4 Å². The molecular formula is C13H18N2O4. The van der Waals surface area contributed by atoms with Crippen LogP contribution in [0.2, 0.25) is 0 Å². The van der Waals surface area contributed by atoms with Crippen LogP contribution in [0.4, 0.5) is 5.69 Å². The Morgan fingerprint density at radius 1 is 1.42 bits per heavy atom. The maximum Gasteiger partial charge on any atom is 0.282 e. The second-order valence-corrected chi connectivity index (χ2v) is 4.68. The van der Waals surface area contributed by atoms with Crippen molar-refractivity contribution in [3.05, 3.63) is 33.9 Å². The highest BCUT2D eigenvalue weighted by Crippen LogP contribution is 2.24. The molecule has 0 heterocycles. The molecule has 0 aliphatic heterocycles. The molecule has 0 aromatic heterocycles. The fraction of sp³-hybridized carbons (Fsp3) is 0.462. The summed E-state index contributed by atoms with van der Waals surface area (Å²) in [5, 5.41) is 23.0. The zero-order chi connectivity index (χ0) is 14.6. The van der Waals surface area contributed by atoms with E-state index in [4.69, 9.17) is 0 Å². The molecule has 0 radical (unpaired) electrons. The lowest BCUT2D eigenvalue weighted by atomic mass is 9.95. The molecule has 0 fully saturated rings. The molecule has 104 valence electrons. The summed E-state index contributed by atoms with van der Waals surface area (Å²) in [6.45, 7) is 5.74. The highest BCUT2D eigenvalue weighted by Gasteiger charge is 2.27. The number of hydrogen-bond donors (Lipinski definition) is 2. The smallest absolute Gasteiger partial charge is 0.282 e. The van der Waals surface area contributed by atoms with Gasteiger partial charge in [0.25, 0.3) is 11.6 Å². The van der Waals surface area contributed by atoms with Crippen LogP contribution in [0.1, 0.15) is 44.0 Å². The quantitative estimate of drug-likeness (QED) is 0.632. The number of phenolic OH excluding ortho intramolecular Hbond substituents is 1. The minimum absolute atomic E-state index is 0.127. The number of aromatic hydroxyl groups is 1. The molecule has 6 heteroatoms. The van der Waals surface area contributed by atoms with Crippen molar-refractivity contribution in [2.45, 2.75) is 39.2 Å². The Morgan fingerprint density at radius 2 is 2.00 bits per heavy atom. The lowest BCUT2D eigenvalue weighted by molar-refractivity contribution is -0.385. The number of benzene rings is 1. The molecule has 1 amide bonds. The fourth-order valence-electron chi connectivity index (χ4n) is 1.63. The molecule has 0 spiro atoms. The molecular weight excluding hydrogens is 248 g/mol. The van der Waals surface area contributed by atoms with E-state index in [1.807, 2.05) is 20.8 Å². The molecule has 0 unspecified atom stereocenters. The molecule has 0 aliphatic carbocycles. The summed E-state index contributed by atoms with van der Waals surface area (Å²) >= 11 is 0. The summed E-state index contributed by atoms with van der Waals surface area (Å²) in [5.74, 6) is -0.723. The number of amides is 1. The maximum atomic E-state index is 12.1. The lowest BCUT2D eigenvalue weighted by Gasteiger charge is -2.28. The standard InChI is InChI=1S/C13H18N2O4/c1-4-13(3,5-2)14-12(17)10-8-9(16)6-7-11(10)15(18)19/h6-8,16H,4-5H2,1-3H3,(H,14,17). The maximum absolute atomic E-state index is 12.1. The van der Waals surface area contributed by atoms with E-state index >= 15 is 0 Å². The number of nitro benzene ring substituents is 1. The van der Waals surface area contributed by atoms with E-state index in [0.29, 0.717) is 12.8 Å². The second kappa shape index (κ2) is 5.69. The molecule has 1 aromatic rings. The number of carbonyl (C=O) groups is 1. The van der Waals surface area contributed by atoms with Crippen molar-refractivity contribution >= 4 is 11.6 Å². The average molecular weight is 266 g/mol. The molecule has 0 aliphatic rings. The van der Waals surface area contributed by atoms with Gasteiger partial charge in [0, 0.05) is 11.6 Å². The summed E-state index contributed by atoms with van der Waals surface area (Å²) in [4.78, 5) is 22.4. The number of nitrogens with zero attached hydrogens (tertiary/aromatic N) is 1. The molecule has 0 atom stereocenters. The van der Waals surface area contributed by atoms with Crippen LogP contribution < -0.4 is 5.32 Å². The first-order valence-corrected chi connectivity index (χ1v) is 6.13. The van der Waals surface area contributed by atoms with Crippen molar-refractivity contribution in [1.82, 2.24) is 5.32 Å². The van der Waals surface area contributed by atoms with E-state index in [9.17, 15) is 20.0 Å². The third-order valence-corrected chi connectivity index (χ3v) is 3.40. The summed E-state index contributed by atoms with van der Waals surface area (Å²) in [7, 11) is 0. The Bertz CT molecular complexity index is 495. The van der Waals surface area contributed by atoms with E-state index in [-0.39, 0.29) is 17.0 Å². The number of hydrogen-bond acceptors (Lipinski definition) is 4. The molecule has 0 saturated carbocycles. The van der Waals surface area contributed by atoms with Crippen LogP contribution >= 0.6 is 0 Å². The molecule has 6 nitrogen and oxygen atoms in total. The van der Waals surface area contributed by atoms with Crippen molar-refractivity contribution in [3.63, 3.8) is 0 Å². The normalized spacial score (nSPS) is 11.1. The van der Waals surface area contributed by atoms with E-state index in [0.717, 1.165) is 12.1 Å². The highest BCUT2D eigenvalue weighted by atomic mass is 16.6. The van der Waals surface area contributed by atoms with E-state index in [1.54, 1.807) is 0 Å². The van der Waals surface area contributed by atoms with Gasteiger partial charge in [0.2, 0.25) is 0 Å². The zero-order valence-corrected chi connectivity index (χ0v) is 11.3. The minimum atomic E-state index is -0.635. The van der Waals surface area contributed by atoms with Gasteiger partial charge >= 0.3 is 0 Å². The Hall–Kier alpha value is -2.11. The predicted molar refractivity (Wildman–Crippen MR) is 71.2 cm³/mol. The van der Waals surface area contributed by atoms with Gasteiger partial charge in [-0.25, -0.2) is 0 Å². The van der Waals surface area contributed by atoms with Gasteiger partial charge in [0.15, 0.2) is 0 Å². The van der Waals surface area contributed by atoms with E-state index in [1.165, 1.54) is 6.07 Å². The molecule has 1 aromatic carbocycles. The van der Waals surface area contributed by atoms with Crippen LogP contribution in [-0.2, 0) is 0 Å². The van der Waals surface area contributed by atoms with Gasteiger partial charge < -0.3 is 10.4 Å². The summed E-state index contributed by atoms with van der Waals surface area (Å²) in [6, 6.07) is 3.42. The van der Waals surface area contributed by atoms with Crippen LogP contribution in [0, 0.1) is 10.1 Å². The second-order valence-electron chi connectivity index (χ2n) is 4.68. The zero-order valence-electron chi connectivity index (χ0n) is 11.3. The first-order chi connectivity index (χ1) is 8.83. The highest BCUT2D eigenvalue weighted by molar-refractivity contribution is 5.99. The van der Waals surface area contributed by atoms with Crippen LogP contribution in [0.5, 0.6) is 5.75 Å². The van der Waals surface area contributed by atoms with Gasteiger partial charge in [-0.3, -0.25) is 14.9 Å². The van der Waals surface area contributed by atoms with Gasteiger partial charge in [-0.15, -0.1) is 0 Å². The number of nitro groups is 1. The van der Waals surface area contributed by atoms with Crippen molar-refractivity contribution in [2.75, 3.05) is 0 Å². The number of carbonyl (C=O) groups excluding carboxylic acids is 1. The first kappa shape index (κ1) is 14.9. The summed E-state index contributed by atoms with van der Waals surface area (Å²) in [5.41, 5.74) is -0.862. The van der Waals surface area contributed by atoms with Crippen molar-refractivity contribution in [1.29, 1.82) is 0 Å². The predicted octanol–water partition coefficient (Wildman–Crippen LogP) is 2.61. The molecule has 0 bridgehead atoms. The Morgan fingerprint density at radius 3 is 2.47 bits per heavy atom. The summed E-state index contributed by atoms with van der Waals surface area (Å²) < 4.78 is 0. The Balaban J connectivity index is 3.12. The Kier molecular flexibility index (Phi) is 4.47. The third-order valence-electron chi connectivity index (χ3n) is 3.40. The minimum Gasteiger partial charge on any atom is -0.508 e. The molecule has 0 saturated heterocycles. The van der Waals surface area contributed by atoms with Crippen molar-refractivity contribution < 1.29 is 14.8 Å². The number of rotatable bonds is 5. The van der Waals surface area contributed by atoms with Crippen molar-refractivity contribution in [3.8, 4) is 5.75 Å². The number of nitrogens with one attached hydrogen (secondary N) is 1. The van der Waals surface area contributed by atoms with Crippen LogP contribution in [0.15, 0.2) is 18.2 Å². The van der Waals surface area contributed by atoms with Crippen molar-refractivity contribution in [2.24, 2.45) is 0 Å². The Labute approximate surface area is 111 Å². The van der Waals surface area contributed by atoms with Gasteiger partial charge in [-0.05, 0) is 31.9 Å². The topological polar surface area (TPSA) is 92.5 Å². The van der Waals surface area contributed by atoms with Gasteiger partial charge in [-0.2, -0.15) is 0 Å². The first-order valence-electron chi connectivity index (χ1n) is 6.13.